The van der Waals surface area contributed by atoms with Crippen molar-refractivity contribution in [3.63, 3.8) is 0 Å². The summed E-state index contributed by atoms with van der Waals surface area (Å²) in [6.07, 6.45) is 3.62. The lowest BCUT2D eigenvalue weighted by atomic mass is 10.1. The van der Waals surface area contributed by atoms with Gasteiger partial charge in [0.1, 0.15) is 5.69 Å². The first-order valence-electron chi connectivity index (χ1n) is 6.85. The minimum atomic E-state index is -0.323. The molecule has 0 unspecified atom stereocenters. The van der Waals surface area contributed by atoms with Crippen LogP contribution >= 0.6 is 0 Å². The SMILES string of the molecule is CCCN(Cc1cccc([N+](=O)[O-])c1NC)C1CC1. The van der Waals surface area contributed by atoms with Crippen molar-refractivity contribution in [2.75, 3.05) is 18.9 Å². The van der Waals surface area contributed by atoms with E-state index >= 15 is 0 Å². The third kappa shape index (κ3) is 3.23. The van der Waals surface area contributed by atoms with Gasteiger partial charge in [-0.25, -0.2) is 0 Å². The molecule has 0 spiro atoms. The molecule has 2 rings (SSSR count). The first-order chi connectivity index (χ1) is 9.17. The first kappa shape index (κ1) is 13.8. The first-order valence-corrected chi connectivity index (χ1v) is 6.85. The Balaban J connectivity index is 2.23. The Morgan fingerprint density at radius 2 is 2.21 bits per heavy atom. The van der Waals surface area contributed by atoms with Crippen molar-refractivity contribution in [3.8, 4) is 0 Å². The number of hydrogen-bond acceptors (Lipinski definition) is 4. The molecule has 0 amide bonds. The molecule has 1 aliphatic rings. The lowest BCUT2D eigenvalue weighted by Gasteiger charge is -2.22. The van der Waals surface area contributed by atoms with Crippen LogP contribution in [0.5, 0.6) is 0 Å². The molecule has 5 heteroatoms. The maximum absolute atomic E-state index is 11.0. The molecule has 0 aromatic heterocycles. The van der Waals surface area contributed by atoms with Crippen LogP contribution in [0.4, 0.5) is 11.4 Å². The normalized spacial score (nSPS) is 14.7. The Morgan fingerprint density at radius 1 is 1.47 bits per heavy atom. The Hall–Kier alpha value is -1.62. The fourth-order valence-electron chi connectivity index (χ4n) is 2.50. The molecule has 1 fully saturated rings. The topological polar surface area (TPSA) is 58.4 Å². The fraction of sp³-hybridized carbons (Fsp3) is 0.571. The van der Waals surface area contributed by atoms with Gasteiger partial charge in [0.25, 0.3) is 5.69 Å². The van der Waals surface area contributed by atoms with Crippen LogP contribution in [0.2, 0.25) is 0 Å². The second-order valence-corrected chi connectivity index (χ2v) is 5.02. The zero-order valence-corrected chi connectivity index (χ0v) is 11.6. The summed E-state index contributed by atoms with van der Waals surface area (Å²) >= 11 is 0. The predicted octanol–water partition coefficient (Wildman–Crippen LogP) is 3.01. The summed E-state index contributed by atoms with van der Waals surface area (Å²) in [7, 11) is 1.74. The molecule has 0 bridgehead atoms. The Morgan fingerprint density at radius 3 is 2.74 bits per heavy atom. The van der Waals surface area contributed by atoms with Crippen LogP contribution in [0.1, 0.15) is 31.7 Å². The number of para-hydroxylation sites is 1. The van der Waals surface area contributed by atoms with Crippen molar-refractivity contribution < 1.29 is 4.92 Å². The van der Waals surface area contributed by atoms with Gasteiger partial charge in [-0.05, 0) is 31.4 Å². The largest absolute Gasteiger partial charge is 0.382 e. The molecule has 1 aromatic carbocycles. The van der Waals surface area contributed by atoms with Gasteiger partial charge in [0.15, 0.2) is 0 Å². The number of anilines is 1. The highest BCUT2D eigenvalue weighted by Crippen LogP contribution is 2.33. The third-order valence-corrected chi connectivity index (χ3v) is 3.52. The lowest BCUT2D eigenvalue weighted by molar-refractivity contribution is -0.384. The third-order valence-electron chi connectivity index (χ3n) is 3.52. The highest BCUT2D eigenvalue weighted by atomic mass is 16.6. The Kier molecular flexibility index (Phi) is 4.37. The molecule has 1 aromatic rings. The second kappa shape index (κ2) is 6.02. The standard InChI is InChI=1S/C14H21N3O2/c1-3-9-16(12-7-8-12)10-11-5-4-6-13(17(18)19)14(11)15-2/h4-6,12,15H,3,7-10H2,1-2H3. The minimum Gasteiger partial charge on any atom is -0.382 e. The van der Waals surface area contributed by atoms with Gasteiger partial charge in [0.05, 0.1) is 4.92 Å². The van der Waals surface area contributed by atoms with E-state index in [0.29, 0.717) is 11.7 Å². The molecule has 19 heavy (non-hydrogen) atoms. The molecule has 5 nitrogen and oxygen atoms in total. The summed E-state index contributed by atoms with van der Waals surface area (Å²) in [5, 5.41) is 14.0. The monoisotopic (exact) mass is 263 g/mol. The van der Waals surface area contributed by atoms with Gasteiger partial charge in [-0.15, -0.1) is 0 Å². The molecule has 1 N–H and O–H groups in total. The van der Waals surface area contributed by atoms with Crippen LogP contribution in [0, 0.1) is 10.1 Å². The second-order valence-electron chi connectivity index (χ2n) is 5.02. The molecule has 0 atom stereocenters. The van der Waals surface area contributed by atoms with Crippen molar-refractivity contribution in [2.45, 2.75) is 38.8 Å². The van der Waals surface area contributed by atoms with E-state index in [1.807, 2.05) is 6.07 Å². The van der Waals surface area contributed by atoms with Crippen LogP contribution in [-0.4, -0.2) is 29.5 Å². The number of rotatable bonds is 7. The van der Waals surface area contributed by atoms with Crippen molar-refractivity contribution in [2.24, 2.45) is 0 Å². The number of benzene rings is 1. The smallest absolute Gasteiger partial charge is 0.292 e. The van der Waals surface area contributed by atoms with Crippen LogP contribution < -0.4 is 5.32 Å². The molecule has 0 heterocycles. The van der Waals surface area contributed by atoms with Crippen molar-refractivity contribution in [1.82, 2.24) is 4.90 Å². The van der Waals surface area contributed by atoms with Crippen LogP contribution in [0.3, 0.4) is 0 Å². The van der Waals surface area contributed by atoms with Gasteiger partial charge in [-0.1, -0.05) is 19.1 Å². The molecule has 1 saturated carbocycles. The van der Waals surface area contributed by atoms with Crippen molar-refractivity contribution in [3.05, 3.63) is 33.9 Å². The number of nitrogens with one attached hydrogen (secondary N) is 1. The molecular weight excluding hydrogens is 242 g/mol. The van der Waals surface area contributed by atoms with Crippen LogP contribution in [-0.2, 0) is 6.54 Å². The van der Waals surface area contributed by atoms with Gasteiger partial charge in [-0.2, -0.15) is 0 Å². The van der Waals surface area contributed by atoms with Gasteiger partial charge in [0.2, 0.25) is 0 Å². The zero-order valence-electron chi connectivity index (χ0n) is 11.6. The van der Waals surface area contributed by atoms with E-state index in [1.54, 1.807) is 19.2 Å². The minimum absolute atomic E-state index is 0.159. The molecule has 104 valence electrons. The quantitative estimate of drug-likeness (QED) is 0.607. The molecule has 0 aliphatic heterocycles. The number of nitro benzene ring substituents is 1. The van der Waals surface area contributed by atoms with Gasteiger partial charge in [-0.3, -0.25) is 15.0 Å². The van der Waals surface area contributed by atoms with Crippen LogP contribution in [0.25, 0.3) is 0 Å². The predicted molar refractivity (Wildman–Crippen MR) is 76.4 cm³/mol. The van der Waals surface area contributed by atoms with Gasteiger partial charge in [0, 0.05) is 25.7 Å². The van der Waals surface area contributed by atoms with Gasteiger partial charge < -0.3 is 5.32 Å². The zero-order chi connectivity index (χ0) is 13.8. The summed E-state index contributed by atoms with van der Waals surface area (Å²) < 4.78 is 0. The van der Waals surface area contributed by atoms with E-state index < -0.39 is 0 Å². The Bertz CT molecular complexity index is 458. The Labute approximate surface area is 113 Å². The van der Waals surface area contributed by atoms with Crippen molar-refractivity contribution >= 4 is 11.4 Å². The summed E-state index contributed by atoms with van der Waals surface area (Å²) in [4.78, 5) is 13.2. The van der Waals surface area contributed by atoms with E-state index in [1.165, 1.54) is 12.8 Å². The summed E-state index contributed by atoms with van der Waals surface area (Å²) in [5.41, 5.74) is 1.82. The molecule has 0 radical (unpaired) electrons. The highest BCUT2D eigenvalue weighted by Gasteiger charge is 2.29. The average Bonchev–Trinajstić information content (AvgIpc) is 3.22. The maximum atomic E-state index is 11.0. The molecule has 1 aliphatic carbocycles. The summed E-state index contributed by atoms with van der Waals surface area (Å²) in [6.45, 7) is 4.01. The maximum Gasteiger partial charge on any atom is 0.292 e. The molecular formula is C14H21N3O2. The summed E-state index contributed by atoms with van der Waals surface area (Å²) in [6, 6.07) is 5.97. The van der Waals surface area contributed by atoms with Crippen molar-refractivity contribution in [1.29, 1.82) is 0 Å². The number of hydrogen-bond donors (Lipinski definition) is 1. The van der Waals surface area contributed by atoms with Gasteiger partial charge >= 0.3 is 0 Å². The average molecular weight is 263 g/mol. The highest BCUT2D eigenvalue weighted by molar-refractivity contribution is 5.66. The van der Waals surface area contributed by atoms with E-state index in [2.05, 4.69) is 17.1 Å². The number of nitrogens with zero attached hydrogens (tertiary/aromatic N) is 2. The summed E-state index contributed by atoms with van der Waals surface area (Å²) in [5.74, 6) is 0. The fourth-order valence-corrected chi connectivity index (χ4v) is 2.50. The van der Waals surface area contributed by atoms with E-state index in [-0.39, 0.29) is 10.6 Å². The molecule has 0 saturated heterocycles. The lowest BCUT2D eigenvalue weighted by Crippen LogP contribution is -2.26. The van der Waals surface area contributed by atoms with E-state index in [4.69, 9.17) is 0 Å². The van der Waals surface area contributed by atoms with E-state index in [9.17, 15) is 10.1 Å². The van der Waals surface area contributed by atoms with E-state index in [0.717, 1.165) is 25.1 Å². The van der Waals surface area contributed by atoms with Crippen LogP contribution in [0.15, 0.2) is 18.2 Å². The number of nitro groups is 1.